The van der Waals surface area contributed by atoms with Crippen LogP contribution in [0.2, 0.25) is 0 Å². The Kier molecular flexibility index (Phi) is 6.83. The Morgan fingerprint density at radius 2 is 1.72 bits per heavy atom. The largest absolute Gasteiger partial charge is 0.489 e. The van der Waals surface area contributed by atoms with Crippen LogP contribution in [0.5, 0.6) is 5.75 Å². The fraction of sp³-hybridized carbons (Fsp3) is 0.333. The fourth-order valence-electron chi connectivity index (χ4n) is 5.51. The number of piperazine rings is 1. The zero-order valence-corrected chi connectivity index (χ0v) is 22.0. The predicted molar refractivity (Wildman–Crippen MR) is 151 cm³/mol. The van der Waals surface area contributed by atoms with Gasteiger partial charge in [0.15, 0.2) is 11.6 Å². The molecule has 2 fully saturated rings. The number of halogens is 1. The van der Waals surface area contributed by atoms with E-state index in [2.05, 4.69) is 26.1 Å². The number of anilines is 3. The second-order valence-electron chi connectivity index (χ2n) is 10.2. The molecule has 0 bridgehead atoms. The molecule has 3 heterocycles. The highest BCUT2D eigenvalue weighted by Gasteiger charge is 2.23. The molecule has 1 aromatic heterocycles. The summed E-state index contributed by atoms with van der Waals surface area (Å²) in [5, 5.41) is 8.03. The number of H-pyrrole nitrogens is 1. The van der Waals surface area contributed by atoms with Crippen molar-refractivity contribution in [1.29, 1.82) is 0 Å². The van der Waals surface area contributed by atoms with Gasteiger partial charge in [-0.2, -0.15) is 5.10 Å². The number of fused-ring (bicyclic) bond motifs is 1. The van der Waals surface area contributed by atoms with E-state index in [9.17, 15) is 9.18 Å². The first-order chi connectivity index (χ1) is 19.0. The van der Waals surface area contributed by atoms with Crippen LogP contribution in [0.25, 0.3) is 22.0 Å². The first-order valence-electron chi connectivity index (χ1n) is 13.4. The Labute approximate surface area is 226 Å². The van der Waals surface area contributed by atoms with Crippen molar-refractivity contribution >= 4 is 33.9 Å². The molecule has 0 radical (unpaired) electrons. The molecule has 0 unspecified atom stereocenters. The van der Waals surface area contributed by atoms with E-state index >= 15 is 0 Å². The molecule has 2 aliphatic rings. The minimum atomic E-state index is -0.238. The van der Waals surface area contributed by atoms with Crippen molar-refractivity contribution < 1.29 is 18.7 Å². The third-order valence-electron chi connectivity index (χ3n) is 7.64. The fourth-order valence-corrected chi connectivity index (χ4v) is 5.51. The van der Waals surface area contributed by atoms with Crippen LogP contribution in [-0.4, -0.2) is 61.5 Å². The second kappa shape index (κ2) is 10.6. The number of hydrogen-bond donors (Lipinski definition) is 2. The molecule has 8 nitrogen and oxygen atoms in total. The molecule has 3 N–H and O–H groups in total. The molecule has 0 saturated carbocycles. The Morgan fingerprint density at radius 1 is 1.00 bits per heavy atom. The predicted octanol–water partition coefficient (Wildman–Crippen LogP) is 5.04. The number of rotatable bonds is 6. The molecular weight excluding hydrogens is 497 g/mol. The van der Waals surface area contributed by atoms with E-state index in [-0.39, 0.29) is 17.7 Å². The van der Waals surface area contributed by atoms with Crippen LogP contribution in [-0.2, 0) is 4.74 Å². The number of nitrogens with zero attached hydrogens (tertiary/aromatic N) is 3. The molecule has 9 heteroatoms. The van der Waals surface area contributed by atoms with Gasteiger partial charge in [-0.1, -0.05) is 6.07 Å². The van der Waals surface area contributed by atoms with Crippen molar-refractivity contribution in [2.75, 3.05) is 54.9 Å². The molecule has 4 aromatic rings. The highest BCUT2D eigenvalue weighted by molar-refractivity contribution is 6.01. The van der Waals surface area contributed by atoms with Crippen molar-refractivity contribution in [3.05, 3.63) is 66.0 Å². The normalized spacial score (nSPS) is 16.6. The van der Waals surface area contributed by atoms with Gasteiger partial charge in [-0.3, -0.25) is 9.89 Å². The van der Waals surface area contributed by atoms with E-state index in [0.29, 0.717) is 30.3 Å². The maximum absolute atomic E-state index is 13.4. The number of nitrogens with one attached hydrogen (secondary N) is 1. The summed E-state index contributed by atoms with van der Waals surface area (Å²) in [4.78, 5) is 17.1. The van der Waals surface area contributed by atoms with Crippen molar-refractivity contribution in [2.45, 2.75) is 25.9 Å². The minimum absolute atomic E-state index is 0.0258. The Balaban J connectivity index is 1.31. The summed E-state index contributed by atoms with van der Waals surface area (Å²) in [5.74, 6) is 0.895. The maximum Gasteiger partial charge on any atom is 0.161 e. The number of carbonyl (C=O) groups is 1. The summed E-state index contributed by atoms with van der Waals surface area (Å²) < 4.78 is 25.3. The Hall–Kier alpha value is -4.11. The molecule has 202 valence electrons. The van der Waals surface area contributed by atoms with Crippen LogP contribution in [0.1, 0.15) is 30.1 Å². The molecule has 0 spiro atoms. The lowest BCUT2D eigenvalue weighted by Crippen LogP contribution is -2.47. The number of carbonyl (C=O) groups excluding carboxylic acids is 1. The third-order valence-corrected chi connectivity index (χ3v) is 7.64. The Bertz CT molecular complexity index is 1490. The van der Waals surface area contributed by atoms with Crippen LogP contribution >= 0.6 is 0 Å². The molecule has 0 amide bonds. The van der Waals surface area contributed by atoms with Gasteiger partial charge < -0.3 is 25.0 Å². The highest BCUT2D eigenvalue weighted by Crippen LogP contribution is 2.38. The van der Waals surface area contributed by atoms with E-state index in [4.69, 9.17) is 15.2 Å². The summed E-state index contributed by atoms with van der Waals surface area (Å²) in [5.41, 5.74) is 11.5. The lowest BCUT2D eigenvalue weighted by molar-refractivity contribution is 0.0262. The van der Waals surface area contributed by atoms with Crippen LogP contribution in [0, 0.1) is 5.82 Å². The molecule has 2 saturated heterocycles. The molecule has 39 heavy (non-hydrogen) atoms. The van der Waals surface area contributed by atoms with Gasteiger partial charge in [0.1, 0.15) is 17.7 Å². The van der Waals surface area contributed by atoms with E-state index in [1.807, 2.05) is 36.4 Å². The number of nitrogens with two attached hydrogens (primary N) is 1. The van der Waals surface area contributed by atoms with Gasteiger partial charge in [0, 0.05) is 56.0 Å². The van der Waals surface area contributed by atoms with Gasteiger partial charge in [0.05, 0.1) is 24.1 Å². The summed E-state index contributed by atoms with van der Waals surface area (Å²) >= 11 is 0. The number of aromatic nitrogens is 2. The number of nitrogen functional groups attached to an aromatic ring is 1. The highest BCUT2D eigenvalue weighted by atomic mass is 19.1. The van der Waals surface area contributed by atoms with E-state index < -0.39 is 0 Å². The summed E-state index contributed by atoms with van der Waals surface area (Å²) in [7, 11) is 0. The lowest BCUT2D eigenvalue weighted by atomic mass is 9.98. The van der Waals surface area contributed by atoms with Crippen molar-refractivity contribution in [1.82, 2.24) is 10.2 Å². The Morgan fingerprint density at radius 3 is 2.44 bits per heavy atom. The number of ether oxygens (including phenoxy) is 2. The lowest BCUT2D eigenvalue weighted by Gasteiger charge is -2.38. The summed E-state index contributed by atoms with van der Waals surface area (Å²) in [6.45, 7) is 6.00. The first kappa shape index (κ1) is 25.2. The molecule has 6 rings (SSSR count). The zero-order valence-electron chi connectivity index (χ0n) is 22.0. The number of aromatic amines is 1. The van der Waals surface area contributed by atoms with Gasteiger partial charge in [-0.15, -0.1) is 0 Å². The summed E-state index contributed by atoms with van der Waals surface area (Å²) in [6, 6.07) is 16.6. The number of benzene rings is 3. The van der Waals surface area contributed by atoms with Crippen LogP contribution < -0.4 is 20.3 Å². The molecule has 2 aliphatic heterocycles. The standard InChI is InChI=1S/C30H32FN5O3/c1-19(37)25-7-2-20(17-27(25)36-12-10-35(11-13-36)23-5-3-22(31)4-6-23)21-16-26-29(30(32)34-33-26)28(18-21)39-24-8-14-38-15-9-24/h2-7,16-18,24H,8-15H2,1H3,(H3,32,33,34). The molecular formula is C30H32FN5O3. The maximum atomic E-state index is 13.4. The van der Waals surface area contributed by atoms with E-state index in [1.165, 1.54) is 12.1 Å². The molecule has 3 aromatic carbocycles. The van der Waals surface area contributed by atoms with Crippen molar-refractivity contribution in [3.63, 3.8) is 0 Å². The smallest absolute Gasteiger partial charge is 0.161 e. The second-order valence-corrected chi connectivity index (χ2v) is 10.2. The van der Waals surface area contributed by atoms with Crippen molar-refractivity contribution in [3.8, 4) is 16.9 Å². The van der Waals surface area contributed by atoms with Crippen LogP contribution in [0.15, 0.2) is 54.6 Å². The average Bonchev–Trinajstić information content (AvgIpc) is 3.34. The van der Waals surface area contributed by atoms with Crippen LogP contribution in [0.3, 0.4) is 0 Å². The SMILES string of the molecule is CC(=O)c1ccc(-c2cc(OC3CCOCC3)c3c(N)n[nH]c3c2)cc1N1CCN(c2ccc(F)cc2)CC1. The third kappa shape index (κ3) is 5.14. The topological polar surface area (TPSA) is 96.7 Å². The number of hydrogen-bond acceptors (Lipinski definition) is 7. The van der Waals surface area contributed by atoms with Gasteiger partial charge in [0.2, 0.25) is 0 Å². The zero-order chi connectivity index (χ0) is 26.9. The van der Waals surface area contributed by atoms with Gasteiger partial charge in [-0.05, 0) is 66.6 Å². The summed E-state index contributed by atoms with van der Waals surface area (Å²) in [6.07, 6.45) is 1.70. The quantitative estimate of drug-likeness (QED) is 0.338. The number of ketones is 1. The van der Waals surface area contributed by atoms with Crippen molar-refractivity contribution in [2.24, 2.45) is 0 Å². The minimum Gasteiger partial charge on any atom is -0.489 e. The average molecular weight is 530 g/mol. The van der Waals surface area contributed by atoms with Crippen LogP contribution in [0.4, 0.5) is 21.6 Å². The molecule has 0 atom stereocenters. The van der Waals surface area contributed by atoms with Gasteiger partial charge in [-0.25, -0.2) is 4.39 Å². The molecule has 0 aliphatic carbocycles. The first-order valence-corrected chi connectivity index (χ1v) is 13.4. The monoisotopic (exact) mass is 529 g/mol. The number of Topliss-reactive ketones (excluding diaryl/α,β-unsaturated/α-hetero) is 1. The van der Waals surface area contributed by atoms with Gasteiger partial charge >= 0.3 is 0 Å². The van der Waals surface area contributed by atoms with E-state index in [1.54, 1.807) is 6.92 Å². The van der Waals surface area contributed by atoms with E-state index in [0.717, 1.165) is 72.4 Å². The van der Waals surface area contributed by atoms with Gasteiger partial charge in [0.25, 0.3) is 0 Å².